The topological polar surface area (TPSA) is 116 Å². The zero-order valence-electron chi connectivity index (χ0n) is 15.1. The Morgan fingerprint density at radius 1 is 1.44 bits per heavy atom. The standard InChI is InChI=1S/C17H23F2N5O3/c1-15(18,19)7-11(14(26)23-16(9-20)4-5-16)22-13(25)12-8-17(27-24-12)3-2-6-21-10-17/h11,21H,2-8,10H2,1H3,(H,22,25)(H,23,26). The van der Waals surface area contributed by atoms with E-state index in [1.54, 1.807) is 0 Å². The van der Waals surface area contributed by atoms with E-state index in [0.29, 0.717) is 26.3 Å². The van der Waals surface area contributed by atoms with Crippen LogP contribution in [0.25, 0.3) is 0 Å². The highest BCUT2D eigenvalue weighted by Crippen LogP contribution is 2.35. The lowest BCUT2D eigenvalue weighted by atomic mass is 9.89. The van der Waals surface area contributed by atoms with Crippen LogP contribution >= 0.6 is 0 Å². The first-order valence-corrected chi connectivity index (χ1v) is 9.04. The average molecular weight is 383 g/mol. The van der Waals surface area contributed by atoms with Crippen LogP contribution in [0.4, 0.5) is 8.78 Å². The smallest absolute Gasteiger partial charge is 0.269 e. The molecule has 0 bridgehead atoms. The van der Waals surface area contributed by atoms with Gasteiger partial charge >= 0.3 is 0 Å². The van der Waals surface area contributed by atoms with Gasteiger partial charge in [-0.3, -0.25) is 9.59 Å². The molecule has 3 N–H and O–H groups in total. The molecule has 2 amide bonds. The minimum Gasteiger partial charge on any atom is -0.387 e. The van der Waals surface area contributed by atoms with Crippen molar-refractivity contribution >= 4 is 17.5 Å². The van der Waals surface area contributed by atoms with E-state index in [2.05, 4.69) is 21.1 Å². The second-order valence-electron chi connectivity index (χ2n) is 7.75. The summed E-state index contributed by atoms with van der Waals surface area (Å²) in [5, 5.41) is 20.9. The number of alkyl halides is 2. The zero-order valence-corrected chi connectivity index (χ0v) is 15.1. The van der Waals surface area contributed by atoms with Crippen molar-refractivity contribution in [3.05, 3.63) is 0 Å². The van der Waals surface area contributed by atoms with E-state index in [1.165, 1.54) is 0 Å². The van der Waals surface area contributed by atoms with Crippen LogP contribution in [0.3, 0.4) is 0 Å². The third kappa shape index (κ3) is 4.71. The first kappa shape index (κ1) is 19.5. The monoisotopic (exact) mass is 383 g/mol. The van der Waals surface area contributed by atoms with E-state index >= 15 is 0 Å². The Labute approximate surface area is 155 Å². The van der Waals surface area contributed by atoms with Crippen LogP contribution < -0.4 is 16.0 Å². The second-order valence-corrected chi connectivity index (χ2v) is 7.75. The molecule has 2 fully saturated rings. The first-order chi connectivity index (χ1) is 12.7. The highest BCUT2D eigenvalue weighted by Gasteiger charge is 2.47. The van der Waals surface area contributed by atoms with Gasteiger partial charge in [-0.05, 0) is 39.2 Å². The van der Waals surface area contributed by atoms with Crippen LogP contribution in [0.1, 0.15) is 45.4 Å². The molecule has 27 heavy (non-hydrogen) atoms. The van der Waals surface area contributed by atoms with E-state index in [-0.39, 0.29) is 12.1 Å². The number of nitrogens with zero attached hydrogens (tertiary/aromatic N) is 2. The SMILES string of the molecule is CC(F)(F)CC(NC(=O)C1=NOC2(CCCNC2)C1)C(=O)NC1(C#N)CC1. The molecular weight excluding hydrogens is 360 g/mol. The molecule has 1 saturated carbocycles. The van der Waals surface area contributed by atoms with Gasteiger partial charge in [0.25, 0.3) is 5.91 Å². The molecule has 8 nitrogen and oxygen atoms in total. The number of piperidine rings is 1. The van der Waals surface area contributed by atoms with Crippen LogP contribution in [0.2, 0.25) is 0 Å². The summed E-state index contributed by atoms with van der Waals surface area (Å²) in [6, 6.07) is 0.500. The largest absolute Gasteiger partial charge is 0.387 e. The van der Waals surface area contributed by atoms with Crippen LogP contribution in [-0.4, -0.2) is 53.7 Å². The lowest BCUT2D eigenvalue weighted by Gasteiger charge is -2.31. The molecular formula is C17H23F2N5O3. The summed E-state index contributed by atoms with van der Waals surface area (Å²) in [4.78, 5) is 30.3. The van der Waals surface area contributed by atoms with Crippen molar-refractivity contribution in [3.8, 4) is 6.07 Å². The molecule has 1 saturated heterocycles. The van der Waals surface area contributed by atoms with E-state index < -0.39 is 41.3 Å². The molecule has 2 atom stereocenters. The van der Waals surface area contributed by atoms with Crippen molar-refractivity contribution in [2.24, 2.45) is 5.16 Å². The molecule has 1 spiro atoms. The van der Waals surface area contributed by atoms with Crippen LogP contribution in [-0.2, 0) is 14.4 Å². The van der Waals surface area contributed by atoms with Crippen LogP contribution in [0.15, 0.2) is 5.16 Å². The predicted octanol–water partition coefficient (Wildman–Crippen LogP) is 0.587. The molecule has 0 aromatic heterocycles. The number of carbonyl (C=O) groups is 2. The summed E-state index contributed by atoms with van der Waals surface area (Å²) in [5.74, 6) is -4.66. The quantitative estimate of drug-likeness (QED) is 0.621. The van der Waals surface area contributed by atoms with Gasteiger partial charge in [-0.2, -0.15) is 5.26 Å². The predicted molar refractivity (Wildman–Crippen MR) is 90.9 cm³/mol. The normalized spacial score (nSPS) is 27.1. The second kappa shape index (κ2) is 7.03. The fourth-order valence-corrected chi connectivity index (χ4v) is 3.33. The summed E-state index contributed by atoms with van der Waals surface area (Å²) in [6.45, 7) is 2.09. The lowest BCUT2D eigenvalue weighted by molar-refractivity contribution is -0.129. The summed E-state index contributed by atoms with van der Waals surface area (Å²) in [5.41, 5.74) is -1.51. The minimum atomic E-state index is -3.17. The number of oxime groups is 1. The number of halogens is 2. The molecule has 0 aromatic rings. The number of carbonyl (C=O) groups excluding carboxylic acids is 2. The Bertz CT molecular complexity index is 688. The number of nitrogens with one attached hydrogen (secondary N) is 3. The van der Waals surface area contributed by atoms with Gasteiger partial charge in [-0.15, -0.1) is 0 Å². The molecule has 2 unspecified atom stereocenters. The molecule has 10 heteroatoms. The van der Waals surface area contributed by atoms with Gasteiger partial charge in [0.1, 0.15) is 17.3 Å². The Morgan fingerprint density at radius 3 is 2.74 bits per heavy atom. The van der Waals surface area contributed by atoms with Gasteiger partial charge in [0.05, 0.1) is 6.07 Å². The fourth-order valence-electron chi connectivity index (χ4n) is 3.33. The van der Waals surface area contributed by atoms with Crippen molar-refractivity contribution < 1.29 is 23.2 Å². The van der Waals surface area contributed by atoms with Crippen molar-refractivity contribution in [3.63, 3.8) is 0 Å². The number of hydrogen-bond acceptors (Lipinski definition) is 6. The highest BCUT2D eigenvalue weighted by molar-refractivity contribution is 6.39. The Morgan fingerprint density at radius 2 is 2.19 bits per heavy atom. The number of nitriles is 1. The lowest BCUT2D eigenvalue weighted by Crippen LogP contribution is -2.53. The summed E-state index contributed by atoms with van der Waals surface area (Å²) >= 11 is 0. The maximum Gasteiger partial charge on any atom is 0.269 e. The molecule has 3 aliphatic rings. The third-order valence-corrected chi connectivity index (χ3v) is 5.05. The molecule has 0 aromatic carbocycles. The molecule has 1 aliphatic carbocycles. The number of amides is 2. The van der Waals surface area contributed by atoms with E-state index in [0.717, 1.165) is 19.4 Å². The van der Waals surface area contributed by atoms with Gasteiger partial charge < -0.3 is 20.8 Å². The van der Waals surface area contributed by atoms with Crippen molar-refractivity contribution in [1.82, 2.24) is 16.0 Å². The maximum absolute atomic E-state index is 13.5. The van der Waals surface area contributed by atoms with Gasteiger partial charge in [0.15, 0.2) is 5.60 Å². The van der Waals surface area contributed by atoms with Gasteiger partial charge in [0.2, 0.25) is 11.8 Å². The highest BCUT2D eigenvalue weighted by atomic mass is 19.3. The van der Waals surface area contributed by atoms with Gasteiger partial charge in [-0.25, -0.2) is 8.78 Å². The molecule has 3 rings (SSSR count). The average Bonchev–Trinajstić information content (AvgIpc) is 3.26. The van der Waals surface area contributed by atoms with E-state index in [9.17, 15) is 18.4 Å². The zero-order chi connectivity index (χ0) is 19.7. The third-order valence-electron chi connectivity index (χ3n) is 5.05. The Hall–Kier alpha value is -2.28. The van der Waals surface area contributed by atoms with Crippen molar-refractivity contribution in [2.45, 2.75) is 68.6 Å². The maximum atomic E-state index is 13.5. The minimum absolute atomic E-state index is 0.0809. The van der Waals surface area contributed by atoms with Crippen molar-refractivity contribution in [1.29, 1.82) is 5.26 Å². The van der Waals surface area contributed by atoms with Crippen molar-refractivity contribution in [2.75, 3.05) is 13.1 Å². The van der Waals surface area contributed by atoms with E-state index in [1.807, 2.05) is 6.07 Å². The summed E-state index contributed by atoms with van der Waals surface area (Å²) in [7, 11) is 0. The van der Waals surface area contributed by atoms with E-state index in [4.69, 9.17) is 10.1 Å². The van der Waals surface area contributed by atoms with Crippen LogP contribution in [0, 0.1) is 11.3 Å². The summed E-state index contributed by atoms with van der Waals surface area (Å²) in [6.07, 6.45) is 1.94. The molecule has 0 radical (unpaired) electrons. The number of rotatable bonds is 6. The molecule has 2 heterocycles. The fraction of sp³-hybridized carbons (Fsp3) is 0.765. The van der Waals surface area contributed by atoms with Gasteiger partial charge in [0, 0.05) is 19.4 Å². The molecule has 148 valence electrons. The Kier molecular flexibility index (Phi) is 5.08. The molecule has 2 aliphatic heterocycles. The van der Waals surface area contributed by atoms with Gasteiger partial charge in [-0.1, -0.05) is 5.16 Å². The Balaban J connectivity index is 1.64. The van der Waals surface area contributed by atoms with Crippen LogP contribution in [0.5, 0.6) is 0 Å². The number of hydrogen-bond donors (Lipinski definition) is 3. The summed E-state index contributed by atoms with van der Waals surface area (Å²) < 4.78 is 27.0. The first-order valence-electron chi connectivity index (χ1n) is 9.04.